The minimum absolute atomic E-state index is 0.0988. The van der Waals surface area contributed by atoms with Crippen molar-refractivity contribution in [1.82, 2.24) is 34.6 Å². The number of hydrogen-bond acceptors (Lipinski definition) is 5. The van der Waals surface area contributed by atoms with Gasteiger partial charge in [-0.2, -0.15) is 10.2 Å². The molecule has 4 aromatic rings. The standard InChI is InChI=1S/C27H30FN7O2/c1-16(2)20-12-22(18-6-8-19(28)9-7-18)32-35-14-23(30-24(20)35)26(37)34-11-10-33(15-27(34,4)5)25(36)21-13-29-31-17(21)3/h6-9,12-14,16H,10-11,15H2,1-5H3,(H,29,31). The van der Waals surface area contributed by atoms with Gasteiger partial charge in [0, 0.05) is 36.5 Å². The molecule has 1 saturated heterocycles. The lowest BCUT2D eigenvalue weighted by molar-refractivity contribution is 0.0164. The summed E-state index contributed by atoms with van der Waals surface area (Å²) in [4.78, 5) is 34.9. The number of halogens is 1. The Bertz CT molecular complexity index is 1490. The molecule has 4 heterocycles. The molecule has 5 rings (SSSR count). The van der Waals surface area contributed by atoms with Gasteiger partial charge >= 0.3 is 0 Å². The van der Waals surface area contributed by atoms with Gasteiger partial charge in [-0.1, -0.05) is 13.8 Å². The van der Waals surface area contributed by atoms with Crippen molar-refractivity contribution in [2.24, 2.45) is 0 Å². The Labute approximate surface area is 214 Å². The highest BCUT2D eigenvalue weighted by molar-refractivity contribution is 5.96. The molecule has 37 heavy (non-hydrogen) atoms. The Hall–Kier alpha value is -4.08. The van der Waals surface area contributed by atoms with E-state index in [1.807, 2.05) is 26.8 Å². The Balaban J connectivity index is 1.44. The van der Waals surface area contributed by atoms with Crippen molar-refractivity contribution >= 4 is 17.5 Å². The highest BCUT2D eigenvalue weighted by Gasteiger charge is 2.40. The minimum Gasteiger partial charge on any atom is -0.334 e. The van der Waals surface area contributed by atoms with Crippen LogP contribution in [-0.2, 0) is 0 Å². The van der Waals surface area contributed by atoms with Gasteiger partial charge in [0.1, 0.15) is 11.5 Å². The molecule has 10 heteroatoms. The monoisotopic (exact) mass is 503 g/mol. The highest BCUT2D eigenvalue weighted by Crippen LogP contribution is 2.28. The van der Waals surface area contributed by atoms with Crippen LogP contribution in [0.2, 0.25) is 0 Å². The van der Waals surface area contributed by atoms with Crippen LogP contribution in [0.5, 0.6) is 0 Å². The van der Waals surface area contributed by atoms with Gasteiger partial charge in [0.25, 0.3) is 11.8 Å². The molecule has 0 bridgehead atoms. The summed E-state index contributed by atoms with van der Waals surface area (Å²) >= 11 is 0. The highest BCUT2D eigenvalue weighted by atomic mass is 19.1. The van der Waals surface area contributed by atoms with Crippen molar-refractivity contribution in [3.63, 3.8) is 0 Å². The van der Waals surface area contributed by atoms with Gasteiger partial charge in [0.15, 0.2) is 5.65 Å². The summed E-state index contributed by atoms with van der Waals surface area (Å²) in [6.45, 7) is 11.0. The van der Waals surface area contributed by atoms with Crippen molar-refractivity contribution in [3.05, 3.63) is 71.1 Å². The second kappa shape index (κ2) is 9.10. The number of rotatable bonds is 4. The molecule has 0 atom stereocenters. The zero-order valence-electron chi connectivity index (χ0n) is 21.6. The molecule has 1 aromatic carbocycles. The maximum atomic E-state index is 13.7. The van der Waals surface area contributed by atoms with Crippen molar-refractivity contribution in [2.75, 3.05) is 19.6 Å². The quantitative estimate of drug-likeness (QED) is 0.453. The van der Waals surface area contributed by atoms with Crippen LogP contribution in [0, 0.1) is 12.7 Å². The van der Waals surface area contributed by atoms with Crippen molar-refractivity contribution in [2.45, 2.75) is 46.1 Å². The van der Waals surface area contributed by atoms with Gasteiger partial charge in [-0.3, -0.25) is 14.7 Å². The number of aryl methyl sites for hydroxylation is 1. The van der Waals surface area contributed by atoms with E-state index in [9.17, 15) is 14.0 Å². The fraction of sp³-hybridized carbons (Fsp3) is 0.370. The molecule has 0 spiro atoms. The number of aromatic amines is 1. The number of carbonyl (C=O) groups excluding carboxylic acids is 2. The zero-order valence-corrected chi connectivity index (χ0v) is 21.6. The zero-order chi connectivity index (χ0) is 26.5. The van der Waals surface area contributed by atoms with Crippen LogP contribution in [-0.4, -0.2) is 71.6 Å². The minimum atomic E-state index is -0.605. The summed E-state index contributed by atoms with van der Waals surface area (Å²) in [6, 6.07) is 8.12. The summed E-state index contributed by atoms with van der Waals surface area (Å²) in [6.07, 6.45) is 3.19. The Morgan fingerprint density at radius 2 is 1.84 bits per heavy atom. The first-order valence-corrected chi connectivity index (χ1v) is 12.3. The fourth-order valence-electron chi connectivity index (χ4n) is 4.87. The third-order valence-electron chi connectivity index (χ3n) is 6.93. The number of carbonyl (C=O) groups is 2. The van der Waals surface area contributed by atoms with E-state index in [0.717, 1.165) is 16.8 Å². The number of nitrogens with zero attached hydrogens (tertiary/aromatic N) is 6. The molecule has 0 aliphatic carbocycles. The van der Waals surface area contributed by atoms with Gasteiger partial charge in [-0.15, -0.1) is 0 Å². The molecule has 1 aliphatic rings. The van der Waals surface area contributed by atoms with Crippen LogP contribution >= 0.6 is 0 Å². The molecular formula is C27H30FN7O2. The summed E-state index contributed by atoms with van der Waals surface area (Å²) in [5, 5.41) is 11.4. The molecule has 3 aromatic heterocycles. The van der Waals surface area contributed by atoms with Crippen LogP contribution in [0.25, 0.3) is 16.9 Å². The number of nitrogens with one attached hydrogen (secondary N) is 1. The number of aromatic nitrogens is 5. The Morgan fingerprint density at radius 1 is 1.11 bits per heavy atom. The van der Waals surface area contributed by atoms with E-state index >= 15 is 0 Å². The van der Waals surface area contributed by atoms with E-state index in [2.05, 4.69) is 34.1 Å². The molecule has 1 N–H and O–H groups in total. The largest absolute Gasteiger partial charge is 0.334 e. The van der Waals surface area contributed by atoms with Crippen LogP contribution in [0.1, 0.15) is 65.7 Å². The fourth-order valence-corrected chi connectivity index (χ4v) is 4.87. The first kappa shape index (κ1) is 24.6. The second-order valence-electron chi connectivity index (χ2n) is 10.4. The molecule has 0 unspecified atom stereocenters. The number of H-pyrrole nitrogens is 1. The van der Waals surface area contributed by atoms with E-state index in [1.54, 1.807) is 38.8 Å². The van der Waals surface area contributed by atoms with Gasteiger partial charge in [0.2, 0.25) is 0 Å². The molecule has 9 nitrogen and oxygen atoms in total. The van der Waals surface area contributed by atoms with E-state index in [-0.39, 0.29) is 23.5 Å². The molecule has 1 fully saturated rings. The summed E-state index contributed by atoms with van der Waals surface area (Å²) in [5.74, 6) is -0.487. The molecule has 2 amide bonds. The van der Waals surface area contributed by atoms with Crippen molar-refractivity contribution in [3.8, 4) is 11.3 Å². The van der Waals surface area contributed by atoms with Crippen molar-refractivity contribution in [1.29, 1.82) is 0 Å². The number of hydrogen-bond donors (Lipinski definition) is 1. The average Bonchev–Trinajstić information content (AvgIpc) is 3.48. The Morgan fingerprint density at radius 3 is 2.46 bits per heavy atom. The van der Waals surface area contributed by atoms with Gasteiger partial charge in [-0.25, -0.2) is 13.9 Å². The summed E-state index contributed by atoms with van der Waals surface area (Å²) in [5.41, 5.74) is 3.97. The predicted octanol–water partition coefficient (Wildman–Crippen LogP) is 4.07. The molecule has 192 valence electrons. The van der Waals surface area contributed by atoms with Crippen LogP contribution < -0.4 is 0 Å². The first-order chi connectivity index (χ1) is 17.5. The Kier molecular flexibility index (Phi) is 6.05. The van der Waals surface area contributed by atoms with Gasteiger partial charge < -0.3 is 9.80 Å². The topological polar surface area (TPSA) is 99.5 Å². The lowest BCUT2D eigenvalue weighted by Crippen LogP contribution is -2.62. The molecule has 0 radical (unpaired) electrons. The predicted molar refractivity (Wildman–Crippen MR) is 137 cm³/mol. The smallest absolute Gasteiger partial charge is 0.274 e. The first-order valence-electron chi connectivity index (χ1n) is 12.3. The molecule has 0 saturated carbocycles. The number of amides is 2. The average molecular weight is 504 g/mol. The normalized spacial score (nSPS) is 15.5. The third kappa shape index (κ3) is 4.47. The SMILES string of the molecule is Cc1[nH]ncc1C(=O)N1CCN(C(=O)c2cn3nc(-c4ccc(F)cc4)cc(C(C)C)c3n2)C(C)(C)C1. The van der Waals surface area contributed by atoms with Gasteiger partial charge in [0.05, 0.1) is 29.2 Å². The number of benzene rings is 1. The van der Waals surface area contributed by atoms with Crippen LogP contribution in [0.4, 0.5) is 4.39 Å². The maximum absolute atomic E-state index is 13.7. The van der Waals surface area contributed by atoms with Gasteiger partial charge in [-0.05, 0) is 57.0 Å². The lowest BCUT2D eigenvalue weighted by atomic mass is 9.97. The molecule has 1 aliphatic heterocycles. The summed E-state index contributed by atoms with van der Waals surface area (Å²) in [7, 11) is 0. The van der Waals surface area contributed by atoms with E-state index < -0.39 is 5.54 Å². The lowest BCUT2D eigenvalue weighted by Gasteiger charge is -2.46. The maximum Gasteiger partial charge on any atom is 0.274 e. The van der Waals surface area contributed by atoms with E-state index in [1.165, 1.54) is 12.1 Å². The number of piperazine rings is 1. The summed E-state index contributed by atoms with van der Waals surface area (Å²) < 4.78 is 15.1. The van der Waals surface area contributed by atoms with Crippen LogP contribution in [0.3, 0.4) is 0 Å². The third-order valence-corrected chi connectivity index (χ3v) is 6.93. The number of fused-ring (bicyclic) bond motifs is 1. The van der Waals surface area contributed by atoms with E-state index in [4.69, 9.17) is 0 Å². The van der Waals surface area contributed by atoms with E-state index in [0.29, 0.717) is 42.2 Å². The number of imidazole rings is 1. The molecular weight excluding hydrogens is 473 g/mol. The second-order valence-corrected chi connectivity index (χ2v) is 10.4. The van der Waals surface area contributed by atoms with Crippen LogP contribution in [0.15, 0.2) is 42.7 Å². The van der Waals surface area contributed by atoms with Crippen molar-refractivity contribution < 1.29 is 14.0 Å².